The van der Waals surface area contributed by atoms with Crippen molar-refractivity contribution in [2.75, 3.05) is 19.0 Å². The number of nitrogens with one attached hydrogen (secondary N) is 1. The number of fused-ring (bicyclic) bond motifs is 4. The lowest BCUT2D eigenvalue weighted by Gasteiger charge is -2.28. The summed E-state index contributed by atoms with van der Waals surface area (Å²) in [6.07, 6.45) is 0. The summed E-state index contributed by atoms with van der Waals surface area (Å²) >= 11 is 1.67. The Labute approximate surface area is 132 Å². The molecule has 2 aromatic carbocycles. The number of aromatic carboxylic acids is 1. The molecule has 2 N–H and O–H groups in total. The summed E-state index contributed by atoms with van der Waals surface area (Å²) in [5.74, 6) is -0.115. The molecule has 2 aromatic rings. The zero-order valence-corrected chi connectivity index (χ0v) is 12.7. The first-order valence-corrected chi connectivity index (χ1v) is 7.69. The molecule has 2 aliphatic rings. The van der Waals surface area contributed by atoms with Gasteiger partial charge in [0.25, 0.3) is 0 Å². The highest BCUT2D eigenvalue weighted by molar-refractivity contribution is 7.97. The van der Waals surface area contributed by atoms with Crippen LogP contribution in [0.3, 0.4) is 0 Å². The molecule has 0 bridgehead atoms. The molecule has 2 aliphatic heterocycles. The highest BCUT2D eigenvalue weighted by atomic mass is 32.2. The molecule has 0 fully saturated rings. The molecule has 4 rings (SSSR count). The predicted octanol–water partition coefficient (Wildman–Crippen LogP) is 3.27. The molecule has 5 nitrogen and oxygen atoms in total. The zero-order valence-electron chi connectivity index (χ0n) is 11.9. The Hall–Kier alpha value is -2.18. The van der Waals surface area contributed by atoms with Crippen molar-refractivity contribution in [1.82, 2.24) is 4.31 Å². The Morgan fingerprint density at radius 3 is 3.00 bits per heavy atom. The van der Waals surface area contributed by atoms with E-state index in [1.54, 1.807) is 24.1 Å². The summed E-state index contributed by atoms with van der Waals surface area (Å²) in [5.41, 5.74) is 4.26. The fourth-order valence-electron chi connectivity index (χ4n) is 2.74. The maximum absolute atomic E-state index is 11.2. The normalized spacial score (nSPS) is 15.9. The molecular formula is C16H14N2O3S. The van der Waals surface area contributed by atoms with Crippen LogP contribution in [0.2, 0.25) is 0 Å². The fourth-order valence-corrected chi connectivity index (χ4v) is 3.61. The first kappa shape index (κ1) is 13.5. The Kier molecular flexibility index (Phi) is 3.02. The molecule has 0 atom stereocenters. The van der Waals surface area contributed by atoms with Gasteiger partial charge in [0.05, 0.1) is 17.9 Å². The SMILES string of the molecule is CN1CNc2cc3c(cc2S1)-c1cc(C(=O)O)ccc1CO3. The van der Waals surface area contributed by atoms with E-state index in [9.17, 15) is 9.90 Å². The van der Waals surface area contributed by atoms with E-state index in [-0.39, 0.29) is 0 Å². The van der Waals surface area contributed by atoms with Crippen molar-refractivity contribution in [3.63, 3.8) is 0 Å². The minimum Gasteiger partial charge on any atom is -0.488 e. The third-order valence-electron chi connectivity index (χ3n) is 3.86. The molecule has 2 heterocycles. The van der Waals surface area contributed by atoms with Crippen LogP contribution in [0.15, 0.2) is 35.2 Å². The first-order valence-electron chi connectivity index (χ1n) is 6.92. The van der Waals surface area contributed by atoms with Crippen molar-refractivity contribution in [2.24, 2.45) is 0 Å². The molecule has 0 aliphatic carbocycles. The second-order valence-corrected chi connectivity index (χ2v) is 6.61. The molecule has 0 aromatic heterocycles. The number of hydrogen-bond acceptors (Lipinski definition) is 5. The van der Waals surface area contributed by atoms with E-state index in [1.807, 2.05) is 19.2 Å². The van der Waals surface area contributed by atoms with Crippen molar-refractivity contribution in [3.8, 4) is 16.9 Å². The Bertz CT molecular complexity index is 791. The van der Waals surface area contributed by atoms with Crippen LogP contribution >= 0.6 is 11.9 Å². The monoisotopic (exact) mass is 314 g/mol. The molecule has 6 heteroatoms. The minimum absolute atomic E-state index is 0.298. The maximum atomic E-state index is 11.2. The number of hydrogen-bond donors (Lipinski definition) is 2. The smallest absolute Gasteiger partial charge is 0.335 e. The van der Waals surface area contributed by atoms with Crippen molar-refractivity contribution >= 4 is 23.6 Å². The van der Waals surface area contributed by atoms with E-state index in [4.69, 9.17) is 4.74 Å². The lowest BCUT2D eigenvalue weighted by Crippen LogP contribution is -2.23. The van der Waals surface area contributed by atoms with Crippen LogP contribution in [0.4, 0.5) is 5.69 Å². The average Bonchev–Trinajstić information content (AvgIpc) is 2.52. The summed E-state index contributed by atoms with van der Waals surface area (Å²) in [4.78, 5) is 12.3. The van der Waals surface area contributed by atoms with Gasteiger partial charge < -0.3 is 15.2 Å². The topological polar surface area (TPSA) is 61.8 Å². The van der Waals surface area contributed by atoms with Crippen LogP contribution in [-0.4, -0.2) is 29.1 Å². The van der Waals surface area contributed by atoms with E-state index in [2.05, 4.69) is 15.7 Å². The van der Waals surface area contributed by atoms with Gasteiger partial charge >= 0.3 is 5.97 Å². The van der Waals surface area contributed by atoms with E-state index in [0.29, 0.717) is 12.2 Å². The van der Waals surface area contributed by atoms with Gasteiger partial charge in [0, 0.05) is 16.5 Å². The molecule has 0 radical (unpaired) electrons. The highest BCUT2D eigenvalue weighted by Gasteiger charge is 2.23. The molecule has 0 saturated carbocycles. The number of nitrogens with zero attached hydrogens (tertiary/aromatic N) is 1. The number of rotatable bonds is 1. The second kappa shape index (κ2) is 4.93. The molecule has 0 saturated heterocycles. The summed E-state index contributed by atoms with van der Waals surface area (Å²) in [7, 11) is 2.02. The number of anilines is 1. The third-order valence-corrected chi connectivity index (χ3v) is 4.83. The standard InChI is InChI=1S/C16H14N2O3S/c1-18-8-17-13-6-14-12(5-15(13)22-18)11-4-9(16(19)20)2-3-10(11)7-21-14/h2-6,17H,7-8H2,1H3,(H,19,20). The molecule has 22 heavy (non-hydrogen) atoms. The Morgan fingerprint density at radius 1 is 1.32 bits per heavy atom. The summed E-state index contributed by atoms with van der Waals surface area (Å²) in [5, 5.41) is 12.6. The lowest BCUT2D eigenvalue weighted by molar-refractivity contribution is 0.0697. The van der Waals surface area contributed by atoms with Crippen LogP contribution in [0.1, 0.15) is 15.9 Å². The summed E-state index contributed by atoms with van der Waals surface area (Å²) in [6.45, 7) is 1.24. The fraction of sp³-hybridized carbons (Fsp3) is 0.188. The van der Waals surface area contributed by atoms with Crippen LogP contribution in [0, 0.1) is 0 Å². The van der Waals surface area contributed by atoms with Gasteiger partial charge in [-0.25, -0.2) is 9.10 Å². The molecule has 0 spiro atoms. The van der Waals surface area contributed by atoms with Gasteiger partial charge in [-0.05, 0) is 48.3 Å². The molecule has 112 valence electrons. The largest absolute Gasteiger partial charge is 0.488 e. The molecule has 0 unspecified atom stereocenters. The maximum Gasteiger partial charge on any atom is 0.335 e. The molecule has 0 amide bonds. The van der Waals surface area contributed by atoms with Crippen molar-refractivity contribution in [2.45, 2.75) is 11.5 Å². The lowest BCUT2D eigenvalue weighted by atomic mass is 9.94. The minimum atomic E-state index is -0.912. The van der Waals surface area contributed by atoms with E-state index in [1.165, 1.54) is 0 Å². The van der Waals surface area contributed by atoms with E-state index < -0.39 is 5.97 Å². The number of benzene rings is 2. The van der Waals surface area contributed by atoms with Gasteiger partial charge in [0.1, 0.15) is 12.4 Å². The van der Waals surface area contributed by atoms with E-state index >= 15 is 0 Å². The number of ether oxygens (including phenoxy) is 1. The van der Waals surface area contributed by atoms with Crippen molar-refractivity contribution in [1.29, 1.82) is 0 Å². The van der Waals surface area contributed by atoms with Crippen LogP contribution in [0.5, 0.6) is 5.75 Å². The third kappa shape index (κ3) is 2.12. The number of carboxylic acids is 1. The summed E-state index contributed by atoms with van der Waals surface area (Å²) < 4.78 is 7.94. The van der Waals surface area contributed by atoms with Gasteiger partial charge in [-0.3, -0.25) is 0 Å². The van der Waals surface area contributed by atoms with Gasteiger partial charge in [0.15, 0.2) is 0 Å². The number of carboxylic acid groups (broad SMARTS) is 1. The first-order chi connectivity index (χ1) is 10.6. The van der Waals surface area contributed by atoms with Gasteiger partial charge in [-0.15, -0.1) is 0 Å². The average molecular weight is 314 g/mol. The zero-order chi connectivity index (χ0) is 15.3. The van der Waals surface area contributed by atoms with Crippen molar-refractivity contribution in [3.05, 3.63) is 41.5 Å². The number of carbonyl (C=O) groups is 1. The predicted molar refractivity (Wildman–Crippen MR) is 85.3 cm³/mol. The van der Waals surface area contributed by atoms with Gasteiger partial charge in [0.2, 0.25) is 0 Å². The van der Waals surface area contributed by atoms with Crippen LogP contribution in [0.25, 0.3) is 11.1 Å². The van der Waals surface area contributed by atoms with Gasteiger partial charge in [-0.2, -0.15) is 0 Å². The quantitative estimate of drug-likeness (QED) is 0.788. The van der Waals surface area contributed by atoms with E-state index in [0.717, 1.165) is 39.7 Å². The second-order valence-electron chi connectivity index (χ2n) is 5.36. The van der Waals surface area contributed by atoms with Gasteiger partial charge in [-0.1, -0.05) is 6.07 Å². The highest BCUT2D eigenvalue weighted by Crippen LogP contribution is 2.45. The Morgan fingerprint density at radius 2 is 2.18 bits per heavy atom. The molecular weight excluding hydrogens is 300 g/mol. The van der Waals surface area contributed by atoms with Crippen LogP contribution < -0.4 is 10.1 Å². The van der Waals surface area contributed by atoms with Crippen LogP contribution in [-0.2, 0) is 6.61 Å². The Balaban J connectivity index is 1.88. The summed E-state index contributed by atoms with van der Waals surface area (Å²) in [6, 6.07) is 9.26. The van der Waals surface area contributed by atoms with Crippen molar-refractivity contribution < 1.29 is 14.6 Å².